The van der Waals surface area contributed by atoms with Crippen LogP contribution in [0.2, 0.25) is 0 Å². The van der Waals surface area contributed by atoms with Crippen molar-refractivity contribution in [2.45, 2.75) is 31.7 Å². The number of rotatable bonds is 6. The number of hydrogen-bond donors (Lipinski definition) is 1. The summed E-state index contributed by atoms with van der Waals surface area (Å²) in [5.74, 6) is 0.162. The quantitative estimate of drug-likeness (QED) is 0.856. The Morgan fingerprint density at radius 3 is 2.84 bits per heavy atom. The van der Waals surface area contributed by atoms with E-state index in [1.54, 1.807) is 0 Å². The van der Waals surface area contributed by atoms with Gasteiger partial charge in [-0.25, -0.2) is 0 Å². The standard InChI is InChI=1S/C15H21NO3/c17-15(18)12-13-6-4-5-9-16(13)10-11-19-14-7-2-1-3-8-14/h1-3,7-8,13H,4-6,9-12H2,(H,17,18). The molecule has 0 bridgehead atoms. The van der Waals surface area contributed by atoms with Crippen LogP contribution in [0.4, 0.5) is 0 Å². The van der Waals surface area contributed by atoms with E-state index in [1.807, 2.05) is 30.3 Å². The second-order valence-electron chi connectivity index (χ2n) is 4.94. The number of carbonyl (C=O) groups is 1. The molecule has 2 rings (SSSR count). The number of nitrogens with zero attached hydrogens (tertiary/aromatic N) is 1. The topological polar surface area (TPSA) is 49.8 Å². The Labute approximate surface area is 114 Å². The zero-order valence-electron chi connectivity index (χ0n) is 11.1. The van der Waals surface area contributed by atoms with Gasteiger partial charge >= 0.3 is 5.97 Å². The van der Waals surface area contributed by atoms with Gasteiger partial charge in [0.05, 0.1) is 6.42 Å². The fraction of sp³-hybridized carbons (Fsp3) is 0.533. The fourth-order valence-electron chi connectivity index (χ4n) is 2.58. The van der Waals surface area contributed by atoms with Crippen LogP contribution in [0.15, 0.2) is 30.3 Å². The lowest BCUT2D eigenvalue weighted by molar-refractivity contribution is -0.138. The fourth-order valence-corrected chi connectivity index (χ4v) is 2.58. The van der Waals surface area contributed by atoms with Crippen molar-refractivity contribution in [3.8, 4) is 5.75 Å². The van der Waals surface area contributed by atoms with Crippen LogP contribution >= 0.6 is 0 Å². The maximum absolute atomic E-state index is 10.9. The number of carboxylic acids is 1. The molecule has 1 aromatic carbocycles. The molecule has 0 radical (unpaired) electrons. The highest BCUT2D eigenvalue weighted by Gasteiger charge is 2.24. The molecule has 1 aromatic rings. The summed E-state index contributed by atoms with van der Waals surface area (Å²) in [6, 6.07) is 9.90. The molecule has 1 unspecified atom stereocenters. The number of carboxylic acid groups (broad SMARTS) is 1. The van der Waals surface area contributed by atoms with E-state index >= 15 is 0 Å². The molecule has 104 valence electrons. The highest BCUT2D eigenvalue weighted by atomic mass is 16.5. The molecule has 4 heteroatoms. The lowest BCUT2D eigenvalue weighted by atomic mass is 9.99. The van der Waals surface area contributed by atoms with E-state index in [4.69, 9.17) is 9.84 Å². The lowest BCUT2D eigenvalue weighted by Crippen LogP contribution is -2.42. The van der Waals surface area contributed by atoms with Gasteiger partial charge in [-0.05, 0) is 31.5 Å². The third kappa shape index (κ3) is 4.56. The Hall–Kier alpha value is -1.55. The molecule has 1 aliphatic heterocycles. The molecule has 0 saturated carbocycles. The summed E-state index contributed by atoms with van der Waals surface area (Å²) in [6.07, 6.45) is 3.51. The van der Waals surface area contributed by atoms with Gasteiger partial charge < -0.3 is 9.84 Å². The predicted octanol–water partition coefficient (Wildman–Crippen LogP) is 2.39. The van der Waals surface area contributed by atoms with Crippen molar-refractivity contribution >= 4 is 5.97 Å². The lowest BCUT2D eigenvalue weighted by Gasteiger charge is -2.34. The van der Waals surface area contributed by atoms with Crippen LogP contribution in [-0.2, 0) is 4.79 Å². The van der Waals surface area contributed by atoms with E-state index < -0.39 is 5.97 Å². The van der Waals surface area contributed by atoms with E-state index in [0.717, 1.165) is 38.1 Å². The minimum Gasteiger partial charge on any atom is -0.492 e. The number of aliphatic carboxylic acids is 1. The van der Waals surface area contributed by atoms with Gasteiger partial charge in [-0.3, -0.25) is 9.69 Å². The molecule has 1 fully saturated rings. The van der Waals surface area contributed by atoms with Gasteiger partial charge in [0.2, 0.25) is 0 Å². The number of piperidine rings is 1. The van der Waals surface area contributed by atoms with Gasteiger partial charge in [-0.2, -0.15) is 0 Å². The number of likely N-dealkylation sites (tertiary alicyclic amines) is 1. The smallest absolute Gasteiger partial charge is 0.304 e. The number of hydrogen-bond acceptors (Lipinski definition) is 3. The van der Waals surface area contributed by atoms with Crippen molar-refractivity contribution in [3.05, 3.63) is 30.3 Å². The Kier molecular flexibility index (Phi) is 5.21. The molecule has 1 atom stereocenters. The van der Waals surface area contributed by atoms with Crippen molar-refractivity contribution in [2.24, 2.45) is 0 Å². The van der Waals surface area contributed by atoms with E-state index in [-0.39, 0.29) is 12.5 Å². The zero-order chi connectivity index (χ0) is 13.5. The SMILES string of the molecule is O=C(O)CC1CCCCN1CCOc1ccccc1. The maximum Gasteiger partial charge on any atom is 0.304 e. The van der Waals surface area contributed by atoms with Gasteiger partial charge in [-0.15, -0.1) is 0 Å². The van der Waals surface area contributed by atoms with Crippen molar-refractivity contribution in [1.29, 1.82) is 0 Å². The summed E-state index contributed by atoms with van der Waals surface area (Å²) in [5, 5.41) is 8.93. The van der Waals surface area contributed by atoms with Crippen LogP contribution in [0.5, 0.6) is 5.75 Å². The Morgan fingerprint density at radius 1 is 1.32 bits per heavy atom. The van der Waals surface area contributed by atoms with E-state index in [1.165, 1.54) is 0 Å². The summed E-state index contributed by atoms with van der Waals surface area (Å²) in [5.41, 5.74) is 0. The van der Waals surface area contributed by atoms with Crippen LogP contribution in [0.25, 0.3) is 0 Å². The van der Waals surface area contributed by atoms with Crippen molar-refractivity contribution in [1.82, 2.24) is 4.90 Å². The first kappa shape index (κ1) is 13.9. The monoisotopic (exact) mass is 263 g/mol. The summed E-state index contributed by atoms with van der Waals surface area (Å²) < 4.78 is 5.67. The van der Waals surface area contributed by atoms with Crippen LogP contribution in [-0.4, -0.2) is 41.7 Å². The first-order chi connectivity index (χ1) is 9.25. The minimum absolute atomic E-state index is 0.172. The summed E-state index contributed by atoms with van der Waals surface area (Å²) >= 11 is 0. The zero-order valence-corrected chi connectivity index (χ0v) is 11.1. The maximum atomic E-state index is 10.9. The van der Waals surface area contributed by atoms with Crippen LogP contribution < -0.4 is 4.74 Å². The number of benzene rings is 1. The molecule has 0 amide bonds. The Balaban J connectivity index is 1.78. The predicted molar refractivity (Wildman–Crippen MR) is 73.4 cm³/mol. The molecule has 4 nitrogen and oxygen atoms in total. The third-order valence-corrected chi connectivity index (χ3v) is 3.55. The minimum atomic E-state index is -0.708. The average Bonchev–Trinajstić information content (AvgIpc) is 2.41. The van der Waals surface area contributed by atoms with Gasteiger partial charge in [0.25, 0.3) is 0 Å². The first-order valence-electron chi connectivity index (χ1n) is 6.89. The largest absolute Gasteiger partial charge is 0.492 e. The highest BCUT2D eigenvalue weighted by molar-refractivity contribution is 5.67. The summed E-state index contributed by atoms with van der Waals surface area (Å²) in [7, 11) is 0. The van der Waals surface area contributed by atoms with Crippen molar-refractivity contribution < 1.29 is 14.6 Å². The molecule has 0 spiro atoms. The van der Waals surface area contributed by atoms with E-state index in [0.29, 0.717) is 6.61 Å². The van der Waals surface area contributed by atoms with Crippen LogP contribution in [0, 0.1) is 0 Å². The third-order valence-electron chi connectivity index (χ3n) is 3.55. The second-order valence-corrected chi connectivity index (χ2v) is 4.94. The first-order valence-corrected chi connectivity index (χ1v) is 6.89. The summed E-state index contributed by atoms with van der Waals surface area (Å²) in [6.45, 7) is 2.39. The molecule has 1 aliphatic rings. The van der Waals surface area contributed by atoms with Crippen molar-refractivity contribution in [2.75, 3.05) is 19.7 Å². The molecular formula is C15H21NO3. The number of ether oxygens (including phenoxy) is 1. The van der Waals surface area contributed by atoms with Gasteiger partial charge in [0, 0.05) is 12.6 Å². The highest BCUT2D eigenvalue weighted by Crippen LogP contribution is 2.19. The van der Waals surface area contributed by atoms with E-state index in [9.17, 15) is 4.79 Å². The second kappa shape index (κ2) is 7.14. The van der Waals surface area contributed by atoms with Gasteiger partial charge in [-0.1, -0.05) is 24.6 Å². The Morgan fingerprint density at radius 2 is 2.11 bits per heavy atom. The molecule has 1 heterocycles. The van der Waals surface area contributed by atoms with Crippen LogP contribution in [0.3, 0.4) is 0 Å². The molecule has 0 aliphatic carbocycles. The molecule has 0 aromatic heterocycles. The Bertz CT molecular complexity index is 394. The van der Waals surface area contributed by atoms with Crippen molar-refractivity contribution in [3.63, 3.8) is 0 Å². The van der Waals surface area contributed by atoms with Gasteiger partial charge in [0.15, 0.2) is 0 Å². The molecule has 19 heavy (non-hydrogen) atoms. The van der Waals surface area contributed by atoms with Gasteiger partial charge in [0.1, 0.15) is 12.4 Å². The average molecular weight is 263 g/mol. The van der Waals surface area contributed by atoms with Crippen LogP contribution in [0.1, 0.15) is 25.7 Å². The summed E-state index contributed by atoms with van der Waals surface area (Å²) in [4.78, 5) is 13.1. The molecular weight excluding hydrogens is 242 g/mol. The molecule has 1 N–H and O–H groups in total. The number of para-hydroxylation sites is 1. The molecule has 1 saturated heterocycles. The van der Waals surface area contributed by atoms with E-state index in [2.05, 4.69) is 4.90 Å². The normalized spacial score (nSPS) is 20.1.